The number of allylic oxidation sites excluding steroid dienone is 2. The van der Waals surface area contributed by atoms with Crippen LogP contribution in [0.2, 0.25) is 0 Å². The van der Waals surface area contributed by atoms with Crippen molar-refractivity contribution in [3.05, 3.63) is 154 Å². The van der Waals surface area contributed by atoms with E-state index < -0.39 is 28.6 Å². The van der Waals surface area contributed by atoms with Crippen molar-refractivity contribution < 1.29 is 19.2 Å². The molecular formula is C36H22O4. The van der Waals surface area contributed by atoms with Gasteiger partial charge in [-0.25, -0.2) is 0 Å². The van der Waals surface area contributed by atoms with E-state index in [0.29, 0.717) is 33.4 Å². The van der Waals surface area contributed by atoms with Gasteiger partial charge in [0, 0.05) is 45.2 Å². The molecule has 6 aliphatic rings. The molecule has 6 aliphatic carbocycles. The third kappa shape index (κ3) is 2.11. The van der Waals surface area contributed by atoms with E-state index in [0.717, 1.165) is 11.1 Å². The molecule has 0 heterocycles. The number of ketones is 4. The molecule has 4 aromatic rings. The van der Waals surface area contributed by atoms with Gasteiger partial charge in [0.25, 0.3) is 0 Å². The first kappa shape index (κ1) is 22.2. The van der Waals surface area contributed by atoms with E-state index >= 15 is 0 Å². The topological polar surface area (TPSA) is 68.3 Å². The van der Waals surface area contributed by atoms with Crippen molar-refractivity contribution in [2.75, 3.05) is 0 Å². The van der Waals surface area contributed by atoms with Crippen LogP contribution in [0, 0.1) is 22.7 Å². The van der Waals surface area contributed by atoms with Crippen molar-refractivity contribution in [3.63, 3.8) is 0 Å². The fraction of sp³-hybridized carbons (Fsp3) is 0.167. The van der Waals surface area contributed by atoms with Crippen molar-refractivity contribution in [1.82, 2.24) is 0 Å². The van der Waals surface area contributed by atoms with Crippen LogP contribution in [0.4, 0.5) is 0 Å². The first-order valence-corrected chi connectivity index (χ1v) is 13.8. The van der Waals surface area contributed by atoms with Crippen LogP contribution >= 0.6 is 0 Å². The third-order valence-electron chi connectivity index (χ3n) is 10.5. The van der Waals surface area contributed by atoms with E-state index in [4.69, 9.17) is 0 Å². The molecule has 0 saturated heterocycles. The number of hydrogen-bond donors (Lipinski definition) is 0. The largest absolute Gasteiger partial charge is 0.293 e. The van der Waals surface area contributed by atoms with Gasteiger partial charge in [-0.15, -0.1) is 0 Å². The molecule has 0 amide bonds. The predicted molar refractivity (Wildman–Crippen MR) is 147 cm³/mol. The number of benzene rings is 4. The molecule has 0 radical (unpaired) electrons. The Kier molecular flexibility index (Phi) is 3.92. The van der Waals surface area contributed by atoms with Crippen molar-refractivity contribution in [3.8, 4) is 0 Å². The number of rotatable bonds is 2. The molecule has 6 atom stereocenters. The fourth-order valence-corrected chi connectivity index (χ4v) is 9.45. The monoisotopic (exact) mass is 518 g/mol. The van der Waals surface area contributed by atoms with Gasteiger partial charge in [0.2, 0.25) is 0 Å². The Morgan fingerprint density at radius 3 is 1.60 bits per heavy atom. The van der Waals surface area contributed by atoms with E-state index in [1.165, 1.54) is 0 Å². The lowest BCUT2D eigenvalue weighted by Gasteiger charge is -2.48. The molecule has 2 saturated carbocycles. The minimum atomic E-state index is -1.37. The van der Waals surface area contributed by atoms with Crippen LogP contribution in [0.15, 0.2) is 120 Å². The highest BCUT2D eigenvalue weighted by atomic mass is 16.2. The normalized spacial score (nSPS) is 32.3. The molecule has 40 heavy (non-hydrogen) atoms. The summed E-state index contributed by atoms with van der Waals surface area (Å²) in [4.78, 5) is 58.7. The summed E-state index contributed by atoms with van der Waals surface area (Å²) >= 11 is 0. The summed E-state index contributed by atoms with van der Waals surface area (Å²) in [5, 5.41) is 0. The third-order valence-corrected chi connectivity index (χ3v) is 10.5. The maximum absolute atomic E-state index is 14.9. The van der Waals surface area contributed by atoms with Gasteiger partial charge in [0.15, 0.2) is 23.1 Å². The molecular weight excluding hydrogens is 496 g/mol. The first-order chi connectivity index (χ1) is 19.6. The van der Waals surface area contributed by atoms with Gasteiger partial charge in [0.1, 0.15) is 0 Å². The minimum absolute atomic E-state index is 0.0735. The molecule has 190 valence electrons. The Hall–Kier alpha value is -4.70. The SMILES string of the molecule is O=C1C2=C(C(=O)c3ccccc31)C13C(=O)c4ccccc4C(=O)[C@@]14C(c1ccccc1)C2C(c1ccccc1)C34. The Balaban J connectivity index is 1.45. The minimum Gasteiger partial charge on any atom is -0.293 e. The summed E-state index contributed by atoms with van der Waals surface area (Å²) in [6.07, 6.45) is 0. The lowest BCUT2D eigenvalue weighted by molar-refractivity contribution is 0.0661. The van der Waals surface area contributed by atoms with E-state index in [9.17, 15) is 19.2 Å². The molecule has 5 unspecified atom stereocenters. The summed E-state index contributed by atoms with van der Waals surface area (Å²) in [6.45, 7) is 0. The molecule has 0 N–H and O–H groups in total. The zero-order valence-electron chi connectivity index (χ0n) is 21.3. The number of hydrogen-bond acceptors (Lipinski definition) is 4. The van der Waals surface area contributed by atoms with Crippen molar-refractivity contribution in [2.24, 2.45) is 22.7 Å². The van der Waals surface area contributed by atoms with Gasteiger partial charge in [-0.3, -0.25) is 19.2 Å². The Bertz CT molecular complexity index is 1900. The second-order valence-corrected chi connectivity index (χ2v) is 11.7. The molecule has 10 rings (SSSR count). The molecule has 4 bridgehead atoms. The summed E-state index contributed by atoms with van der Waals surface area (Å²) < 4.78 is 0. The molecule has 0 aromatic heterocycles. The summed E-state index contributed by atoms with van der Waals surface area (Å²) in [5.74, 6) is -2.21. The standard InChI is InChI=1S/C36H22O4/c37-30-21-15-7-8-16-22(21)31(38)29-27(30)26-25(19-11-3-1-4-12-19)32-35(28(26)20-13-5-2-6-14-20)33(39)23-17-9-10-18-24(23)34(40)36(29,32)35/h1-18,25-26,28,32H/t25?,26?,28?,32?,35-,36?/m0/s1. The summed E-state index contributed by atoms with van der Waals surface area (Å²) in [5.41, 5.74) is 1.67. The van der Waals surface area contributed by atoms with Crippen LogP contribution in [0.5, 0.6) is 0 Å². The van der Waals surface area contributed by atoms with E-state index in [1.54, 1.807) is 48.5 Å². The second-order valence-electron chi connectivity index (χ2n) is 11.7. The molecule has 4 nitrogen and oxygen atoms in total. The quantitative estimate of drug-likeness (QED) is 0.314. The maximum Gasteiger partial charge on any atom is 0.191 e. The molecule has 4 aromatic carbocycles. The van der Waals surface area contributed by atoms with Crippen LogP contribution in [-0.4, -0.2) is 23.1 Å². The number of carbonyl (C=O) groups is 4. The zero-order valence-corrected chi connectivity index (χ0v) is 21.3. The van der Waals surface area contributed by atoms with Crippen LogP contribution in [0.25, 0.3) is 0 Å². The van der Waals surface area contributed by atoms with Gasteiger partial charge < -0.3 is 0 Å². The van der Waals surface area contributed by atoms with Gasteiger partial charge >= 0.3 is 0 Å². The Labute approximate surface area is 230 Å². The molecule has 4 heteroatoms. The number of carbonyl (C=O) groups excluding carboxylic acids is 4. The van der Waals surface area contributed by atoms with Crippen molar-refractivity contribution >= 4 is 23.1 Å². The zero-order chi connectivity index (χ0) is 27.0. The Morgan fingerprint density at radius 2 is 0.975 bits per heavy atom. The van der Waals surface area contributed by atoms with Crippen LogP contribution in [0.3, 0.4) is 0 Å². The number of fused-ring (bicyclic) bond motifs is 2. The summed E-state index contributed by atoms with van der Waals surface area (Å²) in [7, 11) is 0. The molecule has 0 aliphatic heterocycles. The predicted octanol–water partition coefficient (Wildman–Crippen LogP) is 6.26. The van der Waals surface area contributed by atoms with Crippen LogP contribution in [-0.2, 0) is 0 Å². The van der Waals surface area contributed by atoms with Crippen LogP contribution < -0.4 is 0 Å². The molecule has 2 spiro atoms. The van der Waals surface area contributed by atoms with E-state index in [1.807, 2.05) is 60.7 Å². The maximum atomic E-state index is 14.9. The second kappa shape index (κ2) is 7.08. The van der Waals surface area contributed by atoms with Gasteiger partial charge in [-0.2, -0.15) is 0 Å². The summed E-state index contributed by atoms with van der Waals surface area (Å²) in [6, 6.07) is 33.7. The Morgan fingerprint density at radius 1 is 0.475 bits per heavy atom. The highest BCUT2D eigenvalue weighted by molar-refractivity contribution is 6.36. The lowest BCUT2D eigenvalue weighted by Crippen LogP contribution is -2.51. The van der Waals surface area contributed by atoms with Crippen LogP contribution in [0.1, 0.15) is 64.4 Å². The highest BCUT2D eigenvalue weighted by Gasteiger charge is 2.97. The lowest BCUT2D eigenvalue weighted by atomic mass is 9.51. The van der Waals surface area contributed by atoms with Crippen molar-refractivity contribution in [1.29, 1.82) is 0 Å². The van der Waals surface area contributed by atoms with Crippen molar-refractivity contribution in [2.45, 2.75) is 11.8 Å². The fourth-order valence-electron chi connectivity index (χ4n) is 9.45. The van der Waals surface area contributed by atoms with E-state index in [-0.39, 0.29) is 29.1 Å². The average molecular weight is 519 g/mol. The van der Waals surface area contributed by atoms with E-state index in [2.05, 4.69) is 0 Å². The molecule has 2 fully saturated rings. The highest BCUT2D eigenvalue weighted by Crippen LogP contribution is 2.94. The number of Topliss-reactive ketones (excluding diaryl/α,β-unsaturated/α-hetero) is 4. The average Bonchev–Trinajstić information content (AvgIpc) is 3.56. The smallest absolute Gasteiger partial charge is 0.191 e. The van der Waals surface area contributed by atoms with Gasteiger partial charge in [-0.1, -0.05) is 109 Å². The first-order valence-electron chi connectivity index (χ1n) is 13.8. The van der Waals surface area contributed by atoms with Gasteiger partial charge in [-0.05, 0) is 23.0 Å². The van der Waals surface area contributed by atoms with Gasteiger partial charge in [0.05, 0.1) is 10.8 Å².